The van der Waals surface area contributed by atoms with Crippen LogP contribution in [0, 0.1) is 0 Å². The normalized spacial score (nSPS) is 11.8. The van der Waals surface area contributed by atoms with Crippen LogP contribution in [0.25, 0.3) is 0 Å². The smallest absolute Gasteiger partial charge is 0.0716 e. The van der Waals surface area contributed by atoms with Gasteiger partial charge in [-0.25, -0.2) is 0 Å². The number of rotatable bonds is 9. The van der Waals surface area contributed by atoms with E-state index in [2.05, 4.69) is 57.3 Å². The van der Waals surface area contributed by atoms with Crippen LogP contribution in [-0.4, -0.2) is 12.1 Å². The van der Waals surface area contributed by atoms with E-state index in [4.69, 9.17) is 4.74 Å². The Morgan fingerprint density at radius 1 is 1.05 bits per heavy atom. The van der Waals surface area contributed by atoms with E-state index < -0.39 is 0 Å². The second kappa shape index (κ2) is 9.15. The van der Waals surface area contributed by atoms with Crippen LogP contribution in [0.2, 0.25) is 0 Å². The van der Waals surface area contributed by atoms with E-state index in [1.807, 2.05) is 0 Å². The fourth-order valence-corrected chi connectivity index (χ4v) is 2.02. The first-order chi connectivity index (χ1) is 9.51. The molecule has 0 fully saturated rings. The number of nitrogens with one attached hydrogen (secondary N) is 1. The molecule has 1 aromatic carbocycles. The molecule has 0 atom stereocenters. The highest BCUT2D eigenvalue weighted by Gasteiger charge is 2.08. The Kier molecular flexibility index (Phi) is 7.86. The average molecular weight is 277 g/mol. The van der Waals surface area contributed by atoms with Gasteiger partial charge < -0.3 is 10.1 Å². The van der Waals surface area contributed by atoms with Crippen molar-refractivity contribution in [2.45, 2.75) is 72.1 Å². The van der Waals surface area contributed by atoms with Crippen LogP contribution in [0.5, 0.6) is 0 Å². The third kappa shape index (κ3) is 8.34. The molecule has 2 heteroatoms. The Labute approximate surface area is 124 Å². The van der Waals surface area contributed by atoms with Crippen molar-refractivity contribution in [3.63, 3.8) is 0 Å². The zero-order chi connectivity index (χ0) is 14.8. The molecule has 0 aromatic heterocycles. The average Bonchev–Trinajstić information content (AvgIpc) is 2.40. The molecule has 20 heavy (non-hydrogen) atoms. The van der Waals surface area contributed by atoms with Crippen LogP contribution in [0.4, 0.5) is 0 Å². The van der Waals surface area contributed by atoms with Crippen LogP contribution in [-0.2, 0) is 17.9 Å². The molecule has 0 unspecified atom stereocenters. The van der Waals surface area contributed by atoms with E-state index in [0.29, 0.717) is 0 Å². The number of hydrogen-bond donors (Lipinski definition) is 1. The van der Waals surface area contributed by atoms with Crippen LogP contribution in [0.15, 0.2) is 24.3 Å². The summed E-state index contributed by atoms with van der Waals surface area (Å²) in [4.78, 5) is 0. The lowest BCUT2D eigenvalue weighted by atomic mass is 10.1. The maximum atomic E-state index is 5.75. The molecule has 1 rings (SSSR count). The largest absolute Gasteiger partial charge is 0.377 e. The highest BCUT2D eigenvalue weighted by Crippen LogP contribution is 2.09. The lowest BCUT2D eigenvalue weighted by Crippen LogP contribution is -2.35. The van der Waals surface area contributed by atoms with Crippen LogP contribution >= 0.6 is 0 Å². The summed E-state index contributed by atoms with van der Waals surface area (Å²) in [6.45, 7) is 11.3. The number of ether oxygens (including phenoxy) is 1. The lowest BCUT2D eigenvalue weighted by molar-refractivity contribution is 0.117. The molecule has 0 amide bonds. The molecule has 0 radical (unpaired) electrons. The highest BCUT2D eigenvalue weighted by molar-refractivity contribution is 5.23. The van der Waals surface area contributed by atoms with Crippen molar-refractivity contribution in [2.75, 3.05) is 6.61 Å². The van der Waals surface area contributed by atoms with E-state index in [1.165, 1.54) is 36.8 Å². The first-order valence-electron chi connectivity index (χ1n) is 7.92. The maximum Gasteiger partial charge on any atom is 0.0716 e. The summed E-state index contributed by atoms with van der Waals surface area (Å²) in [7, 11) is 0. The second-order valence-corrected chi connectivity index (χ2v) is 6.54. The van der Waals surface area contributed by atoms with Crippen molar-refractivity contribution in [1.29, 1.82) is 0 Å². The molecule has 0 bridgehead atoms. The summed E-state index contributed by atoms with van der Waals surface area (Å²) in [6, 6.07) is 8.68. The van der Waals surface area contributed by atoms with E-state index in [-0.39, 0.29) is 5.54 Å². The van der Waals surface area contributed by atoms with Crippen molar-refractivity contribution < 1.29 is 4.74 Å². The fraction of sp³-hybridized carbons (Fsp3) is 0.667. The summed E-state index contributed by atoms with van der Waals surface area (Å²) < 4.78 is 5.75. The molecule has 0 aliphatic heterocycles. The van der Waals surface area contributed by atoms with Gasteiger partial charge in [-0.15, -0.1) is 0 Å². The van der Waals surface area contributed by atoms with Gasteiger partial charge in [0, 0.05) is 18.7 Å². The van der Waals surface area contributed by atoms with Gasteiger partial charge in [-0.3, -0.25) is 0 Å². The predicted octanol–water partition coefficient (Wildman–Crippen LogP) is 4.67. The van der Waals surface area contributed by atoms with Crippen molar-refractivity contribution in [2.24, 2.45) is 0 Å². The zero-order valence-electron chi connectivity index (χ0n) is 13.7. The van der Waals surface area contributed by atoms with Crippen molar-refractivity contribution in [1.82, 2.24) is 5.32 Å². The monoisotopic (exact) mass is 277 g/mol. The first-order valence-corrected chi connectivity index (χ1v) is 7.92. The Balaban J connectivity index is 2.29. The van der Waals surface area contributed by atoms with Gasteiger partial charge in [0.15, 0.2) is 0 Å². The van der Waals surface area contributed by atoms with Gasteiger partial charge in [0.1, 0.15) is 0 Å². The molecule has 0 spiro atoms. The SMILES string of the molecule is CCCCCCOCc1cccc(CNC(C)(C)C)c1. The third-order valence-electron chi connectivity index (χ3n) is 3.23. The van der Waals surface area contributed by atoms with Crippen molar-refractivity contribution in [3.05, 3.63) is 35.4 Å². The highest BCUT2D eigenvalue weighted by atomic mass is 16.5. The van der Waals surface area contributed by atoms with Gasteiger partial charge in [0.2, 0.25) is 0 Å². The van der Waals surface area contributed by atoms with Crippen LogP contribution in [0.1, 0.15) is 64.5 Å². The number of hydrogen-bond acceptors (Lipinski definition) is 2. The maximum absolute atomic E-state index is 5.75. The molecule has 0 heterocycles. The molecular weight excluding hydrogens is 246 g/mol. The lowest BCUT2D eigenvalue weighted by Gasteiger charge is -2.20. The Bertz CT molecular complexity index is 368. The molecular formula is C18H31NO. The summed E-state index contributed by atoms with van der Waals surface area (Å²) in [5.74, 6) is 0. The first kappa shape index (κ1) is 17.2. The molecule has 0 saturated carbocycles. The number of unbranched alkanes of at least 4 members (excludes halogenated alkanes) is 3. The Morgan fingerprint density at radius 2 is 1.80 bits per heavy atom. The Hall–Kier alpha value is -0.860. The standard InChI is InChI=1S/C18H31NO/c1-5-6-7-8-12-20-15-17-11-9-10-16(13-17)14-19-18(2,3)4/h9-11,13,19H,5-8,12,14-15H2,1-4H3. The van der Waals surface area contributed by atoms with Gasteiger partial charge in [0.25, 0.3) is 0 Å². The van der Waals surface area contributed by atoms with Crippen molar-refractivity contribution in [3.8, 4) is 0 Å². The van der Waals surface area contributed by atoms with Crippen LogP contribution in [0.3, 0.4) is 0 Å². The molecule has 0 aliphatic rings. The fourth-order valence-electron chi connectivity index (χ4n) is 2.02. The molecule has 114 valence electrons. The van der Waals surface area contributed by atoms with Gasteiger partial charge in [0.05, 0.1) is 6.61 Å². The second-order valence-electron chi connectivity index (χ2n) is 6.54. The minimum Gasteiger partial charge on any atom is -0.377 e. The Morgan fingerprint density at radius 3 is 2.50 bits per heavy atom. The third-order valence-corrected chi connectivity index (χ3v) is 3.23. The van der Waals surface area contributed by atoms with Gasteiger partial charge in [-0.1, -0.05) is 50.5 Å². The quantitative estimate of drug-likeness (QED) is 0.662. The van der Waals surface area contributed by atoms with E-state index in [9.17, 15) is 0 Å². The summed E-state index contributed by atoms with van der Waals surface area (Å²) in [5, 5.41) is 3.51. The van der Waals surface area contributed by atoms with Crippen LogP contribution < -0.4 is 5.32 Å². The summed E-state index contributed by atoms with van der Waals surface area (Å²) in [5.41, 5.74) is 2.76. The van der Waals surface area contributed by atoms with Gasteiger partial charge in [-0.2, -0.15) is 0 Å². The zero-order valence-corrected chi connectivity index (χ0v) is 13.7. The van der Waals surface area contributed by atoms with Gasteiger partial charge in [-0.05, 0) is 38.3 Å². The predicted molar refractivity (Wildman–Crippen MR) is 86.8 cm³/mol. The topological polar surface area (TPSA) is 21.3 Å². The minimum absolute atomic E-state index is 0.159. The number of benzene rings is 1. The minimum atomic E-state index is 0.159. The van der Waals surface area contributed by atoms with E-state index in [1.54, 1.807) is 0 Å². The molecule has 2 nitrogen and oxygen atoms in total. The van der Waals surface area contributed by atoms with E-state index >= 15 is 0 Å². The molecule has 0 aliphatic carbocycles. The van der Waals surface area contributed by atoms with Gasteiger partial charge >= 0.3 is 0 Å². The molecule has 0 saturated heterocycles. The molecule has 1 N–H and O–H groups in total. The summed E-state index contributed by atoms with van der Waals surface area (Å²) >= 11 is 0. The van der Waals surface area contributed by atoms with Crippen molar-refractivity contribution >= 4 is 0 Å². The van der Waals surface area contributed by atoms with E-state index in [0.717, 1.165) is 19.8 Å². The summed E-state index contributed by atoms with van der Waals surface area (Å²) in [6.07, 6.45) is 5.06. The molecule has 1 aromatic rings.